The zero-order valence-corrected chi connectivity index (χ0v) is 10.6. The van der Waals surface area contributed by atoms with E-state index in [-0.39, 0.29) is 5.91 Å². The van der Waals surface area contributed by atoms with Gasteiger partial charge in [-0.05, 0) is 37.1 Å². The Morgan fingerprint density at radius 2 is 2.19 bits per heavy atom. The first-order valence-corrected chi connectivity index (χ1v) is 7.04. The topological polar surface area (TPSA) is 29.1 Å². The number of amides is 1. The van der Waals surface area contributed by atoms with Crippen molar-refractivity contribution >= 4 is 17.2 Å². The van der Waals surface area contributed by atoms with E-state index in [0.717, 1.165) is 5.56 Å². The SMILES string of the molecule is CC(NC(=O)c1ccsc1)C1CCCCC1. The molecule has 1 amide bonds. The van der Waals surface area contributed by atoms with Gasteiger partial charge in [0, 0.05) is 17.0 Å². The highest BCUT2D eigenvalue weighted by Crippen LogP contribution is 2.26. The van der Waals surface area contributed by atoms with Crippen LogP contribution in [-0.2, 0) is 0 Å². The van der Waals surface area contributed by atoms with Crippen molar-refractivity contribution in [3.63, 3.8) is 0 Å². The van der Waals surface area contributed by atoms with E-state index in [1.54, 1.807) is 11.3 Å². The molecule has 1 fully saturated rings. The minimum Gasteiger partial charge on any atom is -0.349 e. The fraction of sp³-hybridized carbons (Fsp3) is 0.615. The van der Waals surface area contributed by atoms with E-state index in [9.17, 15) is 4.79 Å². The quantitative estimate of drug-likeness (QED) is 0.857. The maximum atomic E-state index is 11.9. The summed E-state index contributed by atoms with van der Waals surface area (Å²) in [7, 11) is 0. The van der Waals surface area contributed by atoms with Crippen LogP contribution in [0.2, 0.25) is 0 Å². The Hall–Kier alpha value is -0.830. The lowest BCUT2D eigenvalue weighted by Gasteiger charge is -2.28. The molecule has 1 saturated carbocycles. The van der Waals surface area contributed by atoms with Crippen LogP contribution in [-0.4, -0.2) is 11.9 Å². The maximum absolute atomic E-state index is 11.9. The number of thiophene rings is 1. The first kappa shape index (κ1) is 11.6. The molecule has 1 N–H and O–H groups in total. The summed E-state index contributed by atoms with van der Waals surface area (Å²) in [5.41, 5.74) is 0.799. The predicted molar refractivity (Wildman–Crippen MR) is 67.8 cm³/mol. The lowest BCUT2D eigenvalue weighted by Crippen LogP contribution is -2.38. The highest BCUT2D eigenvalue weighted by Gasteiger charge is 2.21. The van der Waals surface area contributed by atoms with Gasteiger partial charge >= 0.3 is 0 Å². The Morgan fingerprint density at radius 3 is 2.81 bits per heavy atom. The standard InChI is InChI=1S/C13H19NOS/c1-10(11-5-3-2-4-6-11)14-13(15)12-7-8-16-9-12/h7-11H,2-6H2,1H3,(H,14,15). The lowest BCUT2D eigenvalue weighted by atomic mass is 9.84. The molecule has 1 aromatic heterocycles. The zero-order chi connectivity index (χ0) is 11.4. The average molecular weight is 237 g/mol. The summed E-state index contributed by atoms with van der Waals surface area (Å²) in [5, 5.41) is 6.97. The van der Waals surface area contributed by atoms with Crippen LogP contribution in [0, 0.1) is 5.92 Å². The molecule has 1 atom stereocenters. The monoisotopic (exact) mass is 237 g/mol. The molecular weight excluding hydrogens is 218 g/mol. The molecular formula is C13H19NOS. The number of hydrogen-bond donors (Lipinski definition) is 1. The Morgan fingerprint density at radius 1 is 1.44 bits per heavy atom. The van der Waals surface area contributed by atoms with Crippen molar-refractivity contribution < 1.29 is 4.79 Å². The van der Waals surface area contributed by atoms with Crippen LogP contribution in [0.5, 0.6) is 0 Å². The molecule has 0 aromatic carbocycles. The van der Waals surface area contributed by atoms with Crippen molar-refractivity contribution in [2.45, 2.75) is 45.1 Å². The van der Waals surface area contributed by atoms with Gasteiger partial charge in [0.25, 0.3) is 5.91 Å². The van der Waals surface area contributed by atoms with Crippen LogP contribution in [0.3, 0.4) is 0 Å². The fourth-order valence-corrected chi connectivity index (χ4v) is 3.07. The Balaban J connectivity index is 1.86. The van der Waals surface area contributed by atoms with Crippen molar-refractivity contribution in [2.24, 2.45) is 5.92 Å². The molecule has 1 unspecified atom stereocenters. The smallest absolute Gasteiger partial charge is 0.252 e. The second kappa shape index (κ2) is 5.48. The van der Waals surface area contributed by atoms with E-state index in [2.05, 4.69) is 12.2 Å². The van der Waals surface area contributed by atoms with E-state index in [0.29, 0.717) is 12.0 Å². The van der Waals surface area contributed by atoms with Gasteiger partial charge in [-0.15, -0.1) is 0 Å². The number of hydrogen-bond acceptors (Lipinski definition) is 2. The first-order chi connectivity index (χ1) is 7.77. The van der Waals surface area contributed by atoms with Crippen molar-refractivity contribution in [1.82, 2.24) is 5.32 Å². The summed E-state index contributed by atoms with van der Waals surface area (Å²) in [5.74, 6) is 0.760. The largest absolute Gasteiger partial charge is 0.349 e. The normalized spacial score (nSPS) is 19.3. The Labute approximate surface area is 101 Å². The van der Waals surface area contributed by atoms with Crippen molar-refractivity contribution in [3.8, 4) is 0 Å². The molecule has 0 saturated heterocycles. The maximum Gasteiger partial charge on any atom is 0.252 e. The van der Waals surface area contributed by atoms with E-state index in [4.69, 9.17) is 0 Å². The van der Waals surface area contributed by atoms with Crippen LogP contribution in [0.15, 0.2) is 16.8 Å². The molecule has 1 aromatic rings. The summed E-state index contributed by atoms with van der Waals surface area (Å²) >= 11 is 1.57. The van der Waals surface area contributed by atoms with Gasteiger partial charge in [-0.1, -0.05) is 19.3 Å². The zero-order valence-electron chi connectivity index (χ0n) is 9.74. The molecule has 0 aliphatic heterocycles. The molecule has 88 valence electrons. The van der Waals surface area contributed by atoms with Gasteiger partial charge < -0.3 is 5.32 Å². The third kappa shape index (κ3) is 2.85. The summed E-state index contributed by atoms with van der Waals surface area (Å²) in [6.07, 6.45) is 6.55. The van der Waals surface area contributed by atoms with E-state index in [1.807, 2.05) is 16.8 Å². The summed E-state index contributed by atoms with van der Waals surface area (Å²) in [4.78, 5) is 11.9. The number of carbonyl (C=O) groups is 1. The molecule has 0 radical (unpaired) electrons. The Bertz CT molecular complexity index is 328. The third-order valence-electron chi connectivity index (χ3n) is 3.50. The van der Waals surface area contributed by atoms with Crippen LogP contribution in [0.1, 0.15) is 49.4 Å². The van der Waals surface area contributed by atoms with Gasteiger partial charge in [0.05, 0.1) is 0 Å². The minimum absolute atomic E-state index is 0.0827. The molecule has 1 heterocycles. The first-order valence-electron chi connectivity index (χ1n) is 6.10. The molecule has 1 aliphatic carbocycles. The summed E-state index contributed by atoms with van der Waals surface area (Å²) < 4.78 is 0. The highest BCUT2D eigenvalue weighted by molar-refractivity contribution is 7.08. The second-order valence-electron chi connectivity index (χ2n) is 4.67. The van der Waals surface area contributed by atoms with Crippen LogP contribution in [0.25, 0.3) is 0 Å². The number of rotatable bonds is 3. The van der Waals surface area contributed by atoms with Gasteiger partial charge in [-0.2, -0.15) is 11.3 Å². The summed E-state index contributed by atoms with van der Waals surface area (Å²) in [6.45, 7) is 2.14. The van der Waals surface area contributed by atoms with E-state index in [1.165, 1.54) is 32.1 Å². The number of nitrogens with one attached hydrogen (secondary N) is 1. The molecule has 1 aliphatic rings. The van der Waals surface area contributed by atoms with Crippen molar-refractivity contribution in [3.05, 3.63) is 22.4 Å². The fourth-order valence-electron chi connectivity index (χ4n) is 2.44. The molecule has 0 spiro atoms. The van der Waals surface area contributed by atoms with Crippen molar-refractivity contribution in [1.29, 1.82) is 0 Å². The van der Waals surface area contributed by atoms with Gasteiger partial charge in [0.1, 0.15) is 0 Å². The third-order valence-corrected chi connectivity index (χ3v) is 4.18. The predicted octanol–water partition coefficient (Wildman–Crippen LogP) is 3.45. The van der Waals surface area contributed by atoms with Gasteiger partial charge in [0.15, 0.2) is 0 Å². The molecule has 2 rings (SSSR count). The number of carbonyl (C=O) groups excluding carboxylic acids is 1. The molecule has 3 heteroatoms. The highest BCUT2D eigenvalue weighted by atomic mass is 32.1. The Kier molecular flexibility index (Phi) is 3.99. The van der Waals surface area contributed by atoms with Gasteiger partial charge in [-0.3, -0.25) is 4.79 Å². The summed E-state index contributed by atoms with van der Waals surface area (Å²) in [6, 6.07) is 2.20. The van der Waals surface area contributed by atoms with Gasteiger partial charge in [0.2, 0.25) is 0 Å². The van der Waals surface area contributed by atoms with Crippen LogP contribution >= 0.6 is 11.3 Å². The molecule has 16 heavy (non-hydrogen) atoms. The van der Waals surface area contributed by atoms with Gasteiger partial charge in [-0.25, -0.2) is 0 Å². The van der Waals surface area contributed by atoms with Crippen LogP contribution in [0.4, 0.5) is 0 Å². The minimum atomic E-state index is 0.0827. The van der Waals surface area contributed by atoms with E-state index >= 15 is 0 Å². The van der Waals surface area contributed by atoms with E-state index < -0.39 is 0 Å². The van der Waals surface area contributed by atoms with Crippen LogP contribution < -0.4 is 5.32 Å². The molecule has 0 bridgehead atoms. The van der Waals surface area contributed by atoms with Crippen molar-refractivity contribution in [2.75, 3.05) is 0 Å². The second-order valence-corrected chi connectivity index (χ2v) is 5.45. The molecule has 2 nitrogen and oxygen atoms in total. The lowest BCUT2D eigenvalue weighted by molar-refractivity contribution is 0.0920. The average Bonchev–Trinajstić information content (AvgIpc) is 2.83.